The summed E-state index contributed by atoms with van der Waals surface area (Å²) in [7, 11) is 0. The molecule has 0 amide bonds. The number of aliphatic hydroxyl groups is 1. The first-order valence-corrected chi connectivity index (χ1v) is 5.78. The van der Waals surface area contributed by atoms with Crippen molar-refractivity contribution in [1.29, 1.82) is 0 Å². The SMILES string of the molecule is CC(C)(CCC1CCC1O)C1CC1. The molecule has 1 N–H and O–H groups in total. The van der Waals surface area contributed by atoms with Crippen LogP contribution in [-0.2, 0) is 0 Å². The molecule has 2 atom stereocenters. The molecule has 2 rings (SSSR count). The monoisotopic (exact) mass is 182 g/mol. The van der Waals surface area contributed by atoms with Crippen molar-refractivity contribution >= 4 is 0 Å². The Morgan fingerprint density at radius 3 is 2.23 bits per heavy atom. The summed E-state index contributed by atoms with van der Waals surface area (Å²) in [5, 5.41) is 9.46. The minimum atomic E-state index is 0.0370. The van der Waals surface area contributed by atoms with Gasteiger partial charge in [-0.1, -0.05) is 13.8 Å². The molecule has 2 aliphatic carbocycles. The average molecular weight is 182 g/mol. The summed E-state index contributed by atoms with van der Waals surface area (Å²) in [5.41, 5.74) is 0.551. The molecule has 0 spiro atoms. The van der Waals surface area contributed by atoms with Crippen LogP contribution in [-0.4, -0.2) is 11.2 Å². The van der Waals surface area contributed by atoms with Crippen molar-refractivity contribution < 1.29 is 5.11 Å². The Labute approximate surface area is 81.5 Å². The summed E-state index contributed by atoms with van der Waals surface area (Å²) in [4.78, 5) is 0. The van der Waals surface area contributed by atoms with E-state index in [4.69, 9.17) is 0 Å². The van der Waals surface area contributed by atoms with Crippen molar-refractivity contribution in [2.75, 3.05) is 0 Å². The molecule has 2 saturated carbocycles. The Hall–Kier alpha value is -0.0400. The van der Waals surface area contributed by atoms with Gasteiger partial charge >= 0.3 is 0 Å². The van der Waals surface area contributed by atoms with Gasteiger partial charge in [0.15, 0.2) is 0 Å². The zero-order valence-corrected chi connectivity index (χ0v) is 8.92. The van der Waals surface area contributed by atoms with Crippen LogP contribution >= 0.6 is 0 Å². The fourth-order valence-corrected chi connectivity index (χ4v) is 2.51. The third-order valence-corrected chi connectivity index (χ3v) is 4.22. The van der Waals surface area contributed by atoms with Crippen molar-refractivity contribution in [3.8, 4) is 0 Å². The lowest BCUT2D eigenvalue weighted by Crippen LogP contribution is -2.32. The van der Waals surface area contributed by atoms with Gasteiger partial charge in [0, 0.05) is 0 Å². The first kappa shape index (κ1) is 9.51. The molecular formula is C12H22O. The molecule has 2 aliphatic rings. The van der Waals surface area contributed by atoms with E-state index in [0.29, 0.717) is 11.3 Å². The van der Waals surface area contributed by atoms with Crippen molar-refractivity contribution in [2.45, 2.75) is 58.5 Å². The highest BCUT2D eigenvalue weighted by Crippen LogP contribution is 2.49. The minimum Gasteiger partial charge on any atom is -0.393 e. The lowest BCUT2D eigenvalue weighted by molar-refractivity contribution is 0.0121. The normalized spacial score (nSPS) is 34.4. The van der Waals surface area contributed by atoms with Crippen molar-refractivity contribution in [2.24, 2.45) is 17.3 Å². The molecule has 2 fully saturated rings. The summed E-state index contributed by atoms with van der Waals surface area (Å²) >= 11 is 0. The van der Waals surface area contributed by atoms with Gasteiger partial charge in [-0.2, -0.15) is 0 Å². The third-order valence-electron chi connectivity index (χ3n) is 4.22. The number of hydrogen-bond donors (Lipinski definition) is 1. The van der Waals surface area contributed by atoms with Crippen LogP contribution in [0, 0.1) is 17.3 Å². The molecular weight excluding hydrogens is 160 g/mol. The molecule has 1 heteroatoms. The summed E-state index contributed by atoms with van der Waals surface area (Å²) < 4.78 is 0. The fraction of sp³-hybridized carbons (Fsp3) is 1.00. The van der Waals surface area contributed by atoms with Gasteiger partial charge < -0.3 is 5.11 Å². The molecule has 1 nitrogen and oxygen atoms in total. The Morgan fingerprint density at radius 2 is 1.85 bits per heavy atom. The van der Waals surface area contributed by atoms with E-state index in [-0.39, 0.29) is 6.10 Å². The zero-order chi connectivity index (χ0) is 9.47. The van der Waals surface area contributed by atoms with E-state index in [2.05, 4.69) is 13.8 Å². The van der Waals surface area contributed by atoms with Gasteiger partial charge in [-0.25, -0.2) is 0 Å². The molecule has 13 heavy (non-hydrogen) atoms. The maximum atomic E-state index is 9.46. The van der Waals surface area contributed by atoms with E-state index in [1.54, 1.807) is 0 Å². The predicted molar refractivity (Wildman–Crippen MR) is 54.5 cm³/mol. The van der Waals surface area contributed by atoms with E-state index >= 15 is 0 Å². The summed E-state index contributed by atoms with van der Waals surface area (Å²) in [6.07, 6.45) is 7.82. The third kappa shape index (κ3) is 2.07. The molecule has 0 bridgehead atoms. The van der Waals surface area contributed by atoms with Gasteiger partial charge in [-0.15, -0.1) is 0 Å². The number of rotatable bonds is 4. The Kier molecular flexibility index (Phi) is 2.39. The van der Waals surface area contributed by atoms with Crippen molar-refractivity contribution in [1.82, 2.24) is 0 Å². The van der Waals surface area contributed by atoms with Crippen LogP contribution in [0.1, 0.15) is 52.4 Å². The molecule has 0 aliphatic heterocycles. The quantitative estimate of drug-likeness (QED) is 0.708. The smallest absolute Gasteiger partial charge is 0.0568 e. The highest BCUT2D eigenvalue weighted by molar-refractivity contribution is 4.90. The lowest BCUT2D eigenvalue weighted by Gasteiger charge is -2.35. The summed E-state index contributed by atoms with van der Waals surface area (Å²) in [5.74, 6) is 1.63. The fourth-order valence-electron chi connectivity index (χ4n) is 2.51. The number of hydrogen-bond acceptors (Lipinski definition) is 1. The van der Waals surface area contributed by atoms with E-state index in [0.717, 1.165) is 12.3 Å². The second-order valence-electron chi connectivity index (χ2n) is 5.71. The van der Waals surface area contributed by atoms with E-state index in [1.807, 2.05) is 0 Å². The summed E-state index contributed by atoms with van der Waals surface area (Å²) in [6, 6.07) is 0. The van der Waals surface area contributed by atoms with Gasteiger partial charge in [0.05, 0.1) is 6.10 Å². The Bertz CT molecular complexity index is 182. The first-order chi connectivity index (χ1) is 6.09. The molecule has 2 unspecified atom stereocenters. The molecule has 0 aromatic heterocycles. The molecule has 0 aromatic carbocycles. The van der Waals surface area contributed by atoms with Gasteiger partial charge in [0.25, 0.3) is 0 Å². The largest absolute Gasteiger partial charge is 0.393 e. The number of aliphatic hydroxyl groups excluding tert-OH is 1. The van der Waals surface area contributed by atoms with Crippen LogP contribution in [0.3, 0.4) is 0 Å². The highest BCUT2D eigenvalue weighted by atomic mass is 16.3. The minimum absolute atomic E-state index is 0.0370. The van der Waals surface area contributed by atoms with E-state index < -0.39 is 0 Å². The maximum absolute atomic E-state index is 9.46. The standard InChI is InChI=1S/C12H22O/c1-12(2,10-4-5-10)8-7-9-3-6-11(9)13/h9-11,13H,3-8H2,1-2H3. The first-order valence-electron chi connectivity index (χ1n) is 5.78. The maximum Gasteiger partial charge on any atom is 0.0568 e. The highest BCUT2D eigenvalue weighted by Gasteiger charge is 2.39. The Morgan fingerprint density at radius 1 is 1.15 bits per heavy atom. The van der Waals surface area contributed by atoms with Gasteiger partial charge in [-0.05, 0) is 55.8 Å². The molecule has 0 aromatic rings. The van der Waals surface area contributed by atoms with Crippen LogP contribution in [0.15, 0.2) is 0 Å². The molecule has 0 saturated heterocycles. The van der Waals surface area contributed by atoms with Gasteiger partial charge in [0.2, 0.25) is 0 Å². The van der Waals surface area contributed by atoms with E-state index in [9.17, 15) is 5.11 Å². The van der Waals surface area contributed by atoms with Crippen LogP contribution in [0.2, 0.25) is 0 Å². The van der Waals surface area contributed by atoms with Gasteiger partial charge in [-0.3, -0.25) is 0 Å². The van der Waals surface area contributed by atoms with Crippen molar-refractivity contribution in [3.63, 3.8) is 0 Å². The second kappa shape index (κ2) is 3.27. The summed E-state index contributed by atoms with van der Waals surface area (Å²) in [6.45, 7) is 4.80. The predicted octanol–water partition coefficient (Wildman–Crippen LogP) is 2.97. The van der Waals surface area contributed by atoms with Crippen LogP contribution in [0.4, 0.5) is 0 Å². The molecule has 76 valence electrons. The van der Waals surface area contributed by atoms with Gasteiger partial charge in [0.1, 0.15) is 0 Å². The van der Waals surface area contributed by atoms with Crippen molar-refractivity contribution in [3.05, 3.63) is 0 Å². The van der Waals surface area contributed by atoms with Crippen LogP contribution < -0.4 is 0 Å². The second-order valence-corrected chi connectivity index (χ2v) is 5.71. The average Bonchev–Trinajstić information content (AvgIpc) is 2.83. The topological polar surface area (TPSA) is 20.2 Å². The van der Waals surface area contributed by atoms with Crippen LogP contribution in [0.25, 0.3) is 0 Å². The molecule has 0 radical (unpaired) electrons. The zero-order valence-electron chi connectivity index (χ0n) is 8.92. The van der Waals surface area contributed by atoms with Crippen LogP contribution in [0.5, 0.6) is 0 Å². The Balaban J connectivity index is 1.71. The molecule has 0 heterocycles. The van der Waals surface area contributed by atoms with E-state index in [1.165, 1.54) is 32.1 Å². The lowest BCUT2D eigenvalue weighted by atomic mass is 9.73.